The molecule has 3 N–H and O–H groups in total. The molecule has 0 fully saturated rings. The van der Waals surface area contributed by atoms with Crippen molar-refractivity contribution in [3.63, 3.8) is 0 Å². The van der Waals surface area contributed by atoms with Gasteiger partial charge in [-0.25, -0.2) is 0 Å². The zero-order valence-electron chi connectivity index (χ0n) is 6.98. The summed E-state index contributed by atoms with van der Waals surface area (Å²) in [5, 5.41) is 25.5. The van der Waals surface area contributed by atoms with E-state index in [1.807, 2.05) is 0 Å². The van der Waals surface area contributed by atoms with E-state index in [0.717, 1.165) is 0 Å². The third-order valence-electron chi connectivity index (χ3n) is 1.19. The number of rotatable bonds is 8. The van der Waals surface area contributed by atoms with Gasteiger partial charge >= 0.3 is 0 Å². The molecule has 0 heterocycles. The van der Waals surface area contributed by atoms with Gasteiger partial charge in [0, 0.05) is 0 Å². The van der Waals surface area contributed by atoms with E-state index < -0.39 is 6.10 Å². The van der Waals surface area contributed by atoms with Gasteiger partial charge in [-0.3, -0.25) is 0 Å². The largest absolute Gasteiger partial charge is 0.394 e. The Labute approximate surface area is 116 Å². The first-order valence-electron chi connectivity index (χ1n) is 3.87. The molecule has 0 aliphatic rings. The molecular weight excluding hydrogens is 236 g/mol. The molecule has 0 aliphatic carbocycles. The van der Waals surface area contributed by atoms with Crippen molar-refractivity contribution >= 4 is 0 Å². The highest BCUT2D eigenvalue weighted by atomic mass is 16.5. The van der Waals surface area contributed by atoms with Crippen LogP contribution in [-0.2, 0) is 9.47 Å². The van der Waals surface area contributed by atoms with Crippen LogP contribution in [0.25, 0.3) is 0 Å². The molecule has 0 aromatic heterocycles. The van der Waals surface area contributed by atoms with Crippen LogP contribution >= 0.6 is 0 Å². The molecule has 0 saturated carbocycles. The van der Waals surface area contributed by atoms with Gasteiger partial charge in [0.25, 0.3) is 0 Å². The number of hydrogen-bond donors (Lipinski definition) is 3. The highest BCUT2D eigenvalue weighted by Crippen LogP contribution is 1.91. The molecule has 0 radical (unpaired) electrons. The van der Waals surface area contributed by atoms with E-state index in [2.05, 4.69) is 0 Å². The quantitative estimate of drug-likeness (QED) is 0.592. The Kier molecular flexibility index (Phi) is 86.0. The normalized spacial score (nSPS) is 8.83. The first-order valence-corrected chi connectivity index (χ1v) is 3.87. The maximum atomic E-state index is 8.70. The summed E-state index contributed by atoms with van der Waals surface area (Å²) in [6.45, 7) is 0.393. The maximum Gasteiger partial charge on any atom is 0.104 e. The lowest BCUT2D eigenvalue weighted by Gasteiger charge is -2.14. The van der Waals surface area contributed by atoms with E-state index in [-0.39, 0.29) is 84.2 Å². The molecule has 122 valence electrons. The second kappa shape index (κ2) is 36.0. The van der Waals surface area contributed by atoms with Crippen molar-refractivity contribution < 1.29 is 24.8 Å². The van der Waals surface area contributed by atoms with Gasteiger partial charge in [0.15, 0.2) is 0 Å². The van der Waals surface area contributed by atoms with E-state index in [1.54, 1.807) is 0 Å². The molecule has 0 rings (SSSR count). The molecule has 5 nitrogen and oxygen atoms in total. The summed E-state index contributed by atoms with van der Waals surface area (Å²) in [5.74, 6) is 0. The SMILES string of the molecule is C.C.C.C.C.C.OCCOCC(CO)OCCO. The Morgan fingerprint density at radius 1 is 0.722 bits per heavy atom. The zero-order valence-corrected chi connectivity index (χ0v) is 6.98. The standard InChI is InChI=1S/C7H16O5.6CH4/c8-1-3-11-6-7(5-10)12-4-2-9;;;;;;/h7-10H,1-6H2;6*1H4. The summed E-state index contributed by atoms with van der Waals surface area (Å²) < 4.78 is 9.90. The molecular formula is C13H40O5. The molecule has 0 amide bonds. The molecule has 0 aliphatic heterocycles. The number of aliphatic hydroxyl groups excluding tert-OH is 3. The second-order valence-corrected chi connectivity index (χ2v) is 2.20. The topological polar surface area (TPSA) is 79.2 Å². The summed E-state index contributed by atoms with van der Waals surface area (Å²) in [5.41, 5.74) is 0. The number of ether oxygens (including phenoxy) is 2. The van der Waals surface area contributed by atoms with Crippen molar-refractivity contribution in [1.82, 2.24) is 0 Å². The molecule has 0 bridgehead atoms. The summed E-state index contributed by atoms with van der Waals surface area (Å²) in [6, 6.07) is 0. The number of hydrogen-bond acceptors (Lipinski definition) is 5. The van der Waals surface area contributed by atoms with Crippen LogP contribution in [0, 0.1) is 0 Å². The Morgan fingerprint density at radius 3 is 1.50 bits per heavy atom. The van der Waals surface area contributed by atoms with E-state index in [0.29, 0.717) is 0 Å². The highest BCUT2D eigenvalue weighted by Gasteiger charge is 2.06. The highest BCUT2D eigenvalue weighted by molar-refractivity contribution is 4.53. The van der Waals surface area contributed by atoms with Gasteiger partial charge in [0.05, 0.1) is 39.6 Å². The van der Waals surface area contributed by atoms with Crippen LogP contribution in [0.5, 0.6) is 0 Å². The smallest absolute Gasteiger partial charge is 0.104 e. The Bertz CT molecular complexity index is 91.5. The fraction of sp³-hybridized carbons (Fsp3) is 1.00. The van der Waals surface area contributed by atoms with Crippen molar-refractivity contribution in [1.29, 1.82) is 0 Å². The Balaban J connectivity index is -0.0000000403. The Hall–Kier alpha value is -0.200. The predicted octanol–water partition coefficient (Wildman–Crippen LogP) is 2.18. The van der Waals surface area contributed by atoms with Crippen LogP contribution in [0.3, 0.4) is 0 Å². The van der Waals surface area contributed by atoms with Gasteiger partial charge < -0.3 is 24.8 Å². The van der Waals surface area contributed by atoms with E-state index in [4.69, 9.17) is 24.8 Å². The third-order valence-corrected chi connectivity index (χ3v) is 1.19. The summed E-state index contributed by atoms with van der Waals surface area (Å²) in [6.07, 6.45) is -0.413. The molecule has 0 spiro atoms. The first kappa shape index (κ1) is 43.1. The maximum absolute atomic E-state index is 8.70. The van der Waals surface area contributed by atoms with Crippen molar-refractivity contribution in [3.05, 3.63) is 0 Å². The predicted molar refractivity (Wildman–Crippen MR) is 82.2 cm³/mol. The average molecular weight is 276 g/mol. The van der Waals surface area contributed by atoms with Crippen molar-refractivity contribution in [3.8, 4) is 0 Å². The lowest BCUT2D eigenvalue weighted by molar-refractivity contribution is -0.0552. The van der Waals surface area contributed by atoms with Gasteiger partial charge in [-0.15, -0.1) is 0 Å². The van der Waals surface area contributed by atoms with Gasteiger partial charge in [-0.2, -0.15) is 0 Å². The van der Waals surface area contributed by atoms with Gasteiger partial charge in [-0.1, -0.05) is 44.6 Å². The van der Waals surface area contributed by atoms with Crippen LogP contribution in [0.4, 0.5) is 0 Å². The number of aliphatic hydroxyl groups is 3. The van der Waals surface area contributed by atoms with Crippen molar-refractivity contribution in [2.45, 2.75) is 50.7 Å². The lowest BCUT2D eigenvalue weighted by atomic mass is 10.4. The van der Waals surface area contributed by atoms with E-state index >= 15 is 0 Å². The minimum atomic E-state index is -0.413. The molecule has 1 atom stereocenters. The van der Waals surface area contributed by atoms with Crippen LogP contribution in [0.15, 0.2) is 0 Å². The lowest BCUT2D eigenvalue weighted by Crippen LogP contribution is -2.26. The molecule has 0 saturated heterocycles. The van der Waals surface area contributed by atoms with E-state index in [1.165, 1.54) is 0 Å². The first-order chi connectivity index (χ1) is 5.85. The van der Waals surface area contributed by atoms with Crippen molar-refractivity contribution in [2.24, 2.45) is 0 Å². The van der Waals surface area contributed by atoms with Gasteiger partial charge in [0.2, 0.25) is 0 Å². The van der Waals surface area contributed by atoms with Crippen LogP contribution in [0.2, 0.25) is 0 Å². The summed E-state index contributed by atoms with van der Waals surface area (Å²) in [7, 11) is 0. The minimum Gasteiger partial charge on any atom is -0.394 e. The van der Waals surface area contributed by atoms with Crippen LogP contribution in [-0.4, -0.2) is 61.1 Å². The molecule has 0 aromatic carbocycles. The molecule has 18 heavy (non-hydrogen) atoms. The zero-order chi connectivity index (χ0) is 9.23. The monoisotopic (exact) mass is 276 g/mol. The summed E-state index contributed by atoms with van der Waals surface area (Å²) in [4.78, 5) is 0. The molecule has 5 heteroatoms. The average Bonchev–Trinajstić information content (AvgIpc) is 2.11. The van der Waals surface area contributed by atoms with Crippen molar-refractivity contribution in [2.75, 3.05) is 39.6 Å². The second-order valence-electron chi connectivity index (χ2n) is 2.20. The minimum absolute atomic E-state index is 0. The molecule has 0 aromatic rings. The Morgan fingerprint density at radius 2 is 1.17 bits per heavy atom. The molecule has 1 unspecified atom stereocenters. The summed E-state index contributed by atoms with van der Waals surface area (Å²) >= 11 is 0. The third kappa shape index (κ3) is 29.7. The fourth-order valence-electron chi connectivity index (χ4n) is 0.652. The van der Waals surface area contributed by atoms with Gasteiger partial charge in [-0.05, 0) is 0 Å². The van der Waals surface area contributed by atoms with Gasteiger partial charge in [0.1, 0.15) is 6.10 Å². The fourth-order valence-corrected chi connectivity index (χ4v) is 0.652. The van der Waals surface area contributed by atoms with Crippen LogP contribution < -0.4 is 0 Å². The van der Waals surface area contributed by atoms with E-state index in [9.17, 15) is 0 Å². The van der Waals surface area contributed by atoms with Crippen LogP contribution in [0.1, 0.15) is 44.6 Å².